The summed E-state index contributed by atoms with van der Waals surface area (Å²) < 4.78 is 45.4. The lowest BCUT2D eigenvalue weighted by molar-refractivity contribution is 0.565. The summed E-state index contributed by atoms with van der Waals surface area (Å²) in [6.07, 6.45) is 3.54. The van der Waals surface area contributed by atoms with Crippen molar-refractivity contribution in [3.63, 3.8) is 0 Å². The van der Waals surface area contributed by atoms with Crippen LogP contribution in [-0.4, -0.2) is 25.5 Å². The number of hydrogen-bond donors (Lipinski definition) is 2. The first-order valence-electron chi connectivity index (χ1n) is 10.3. The van der Waals surface area contributed by atoms with E-state index in [1.807, 2.05) is 42.5 Å². The summed E-state index contributed by atoms with van der Waals surface area (Å²) in [4.78, 5) is 10.8. The van der Waals surface area contributed by atoms with Gasteiger partial charge in [0.1, 0.15) is 17.8 Å². The Kier molecular flexibility index (Phi) is 5.39. The van der Waals surface area contributed by atoms with Crippen LogP contribution in [0.5, 0.6) is 0 Å². The van der Waals surface area contributed by atoms with E-state index >= 15 is 0 Å². The molecule has 0 spiro atoms. The van der Waals surface area contributed by atoms with Gasteiger partial charge in [-0.15, -0.1) is 0 Å². The Balaban J connectivity index is 1.60. The fourth-order valence-corrected chi connectivity index (χ4v) is 4.36. The predicted molar refractivity (Wildman–Crippen MR) is 129 cm³/mol. The minimum absolute atomic E-state index is 0.188. The molecule has 2 aromatic carbocycles. The maximum Gasteiger partial charge on any atom is 0.229 e. The van der Waals surface area contributed by atoms with Crippen molar-refractivity contribution >= 4 is 33.1 Å². The van der Waals surface area contributed by atoms with Crippen LogP contribution in [0.15, 0.2) is 88.6 Å². The number of nitrogens with zero attached hydrogens (tertiary/aromatic N) is 3. The Morgan fingerprint density at radius 1 is 1.06 bits per heavy atom. The smallest absolute Gasteiger partial charge is 0.229 e. The summed E-state index contributed by atoms with van der Waals surface area (Å²) in [5.41, 5.74) is 10.1. The van der Waals surface area contributed by atoms with Crippen molar-refractivity contribution in [1.82, 2.24) is 4.98 Å². The van der Waals surface area contributed by atoms with Gasteiger partial charge in [-0.25, -0.2) is 12.8 Å². The van der Waals surface area contributed by atoms with E-state index in [1.165, 1.54) is 24.5 Å². The van der Waals surface area contributed by atoms with Gasteiger partial charge in [0.25, 0.3) is 0 Å². The van der Waals surface area contributed by atoms with E-state index in [-0.39, 0.29) is 5.69 Å². The molecule has 0 aliphatic carbocycles. The van der Waals surface area contributed by atoms with E-state index in [0.29, 0.717) is 22.8 Å². The van der Waals surface area contributed by atoms with Crippen LogP contribution < -0.4 is 15.4 Å². The monoisotopic (exact) mass is 477 g/mol. The third kappa shape index (κ3) is 4.16. The van der Waals surface area contributed by atoms with Gasteiger partial charge in [0.05, 0.1) is 29.5 Å². The zero-order valence-electron chi connectivity index (χ0n) is 18.0. The fourth-order valence-electron chi connectivity index (χ4n) is 3.80. The van der Waals surface area contributed by atoms with Gasteiger partial charge in [0.15, 0.2) is 0 Å². The summed E-state index contributed by atoms with van der Waals surface area (Å²) in [6.45, 7) is 0. The van der Waals surface area contributed by atoms with Crippen LogP contribution in [0.4, 0.5) is 21.6 Å². The van der Waals surface area contributed by atoms with Gasteiger partial charge < -0.3 is 15.1 Å². The Bertz CT molecular complexity index is 1480. The van der Waals surface area contributed by atoms with Crippen molar-refractivity contribution in [2.24, 2.45) is 10.7 Å². The molecule has 8 nitrogen and oxygen atoms in total. The molecule has 1 aliphatic heterocycles. The second kappa shape index (κ2) is 8.40. The topological polar surface area (TPSA) is 114 Å². The standard InChI is InChI=1S/C24H20FN5O3S/c1-34(31,32)29-21-14-16(7-10-19(21)25)23-28-24-18(11-13-33-24)22(26)30(23)17-8-5-15(6-9-17)20-4-2-3-12-27-20/h2-14,22,29H,26H2,1H3. The van der Waals surface area contributed by atoms with Crippen molar-refractivity contribution in [1.29, 1.82) is 0 Å². The molecule has 0 saturated carbocycles. The summed E-state index contributed by atoms with van der Waals surface area (Å²) in [5, 5.41) is 0. The Hall–Kier alpha value is -4.02. The van der Waals surface area contributed by atoms with Gasteiger partial charge in [-0.3, -0.25) is 9.71 Å². The Labute approximate surface area is 195 Å². The highest BCUT2D eigenvalue weighted by Gasteiger charge is 2.32. The minimum atomic E-state index is -3.69. The van der Waals surface area contributed by atoms with E-state index in [2.05, 4.69) is 14.7 Å². The first-order chi connectivity index (χ1) is 16.3. The van der Waals surface area contributed by atoms with Gasteiger partial charge >= 0.3 is 0 Å². The number of nitrogens with one attached hydrogen (secondary N) is 1. The number of fused-ring (bicyclic) bond motifs is 1. The zero-order chi connectivity index (χ0) is 23.9. The van der Waals surface area contributed by atoms with Crippen LogP contribution in [-0.2, 0) is 10.0 Å². The highest BCUT2D eigenvalue weighted by Crippen LogP contribution is 2.38. The summed E-state index contributed by atoms with van der Waals surface area (Å²) in [7, 11) is -3.69. The first kappa shape index (κ1) is 21.8. The molecule has 4 aromatic rings. The number of benzene rings is 2. The Morgan fingerprint density at radius 2 is 1.82 bits per heavy atom. The molecule has 34 heavy (non-hydrogen) atoms. The summed E-state index contributed by atoms with van der Waals surface area (Å²) in [5.74, 6) is 0.0164. The molecule has 0 fully saturated rings. The molecular weight excluding hydrogens is 457 g/mol. The molecule has 3 N–H and O–H groups in total. The number of halogens is 1. The molecular formula is C24H20FN5O3S. The highest BCUT2D eigenvalue weighted by atomic mass is 32.2. The maximum absolute atomic E-state index is 14.3. The number of hydrogen-bond acceptors (Lipinski definition) is 7. The third-order valence-electron chi connectivity index (χ3n) is 5.33. The lowest BCUT2D eigenvalue weighted by Gasteiger charge is -2.34. The average molecular weight is 478 g/mol. The molecule has 5 rings (SSSR count). The number of anilines is 2. The zero-order valence-corrected chi connectivity index (χ0v) is 18.8. The van der Waals surface area contributed by atoms with E-state index < -0.39 is 22.0 Å². The largest absolute Gasteiger partial charge is 0.446 e. The molecule has 0 bridgehead atoms. The lowest BCUT2D eigenvalue weighted by atomic mass is 10.1. The number of amidine groups is 1. The van der Waals surface area contributed by atoms with E-state index in [9.17, 15) is 12.8 Å². The first-order valence-corrected chi connectivity index (χ1v) is 12.2. The Morgan fingerprint density at radius 3 is 2.53 bits per heavy atom. The van der Waals surface area contributed by atoms with Gasteiger partial charge in [-0.2, -0.15) is 4.99 Å². The van der Waals surface area contributed by atoms with Crippen LogP contribution in [0.2, 0.25) is 0 Å². The van der Waals surface area contributed by atoms with Gasteiger partial charge in [-0.05, 0) is 48.5 Å². The van der Waals surface area contributed by atoms with Gasteiger partial charge in [-0.1, -0.05) is 18.2 Å². The molecule has 0 saturated heterocycles. The number of aliphatic imine (C=N–C) groups is 1. The normalized spacial score (nSPS) is 15.6. The maximum atomic E-state index is 14.3. The fraction of sp³-hybridized carbons (Fsp3) is 0.0833. The summed E-state index contributed by atoms with van der Waals surface area (Å²) in [6, 6.07) is 19.1. The molecule has 1 atom stereocenters. The summed E-state index contributed by atoms with van der Waals surface area (Å²) >= 11 is 0. The second-order valence-corrected chi connectivity index (χ2v) is 9.51. The van der Waals surface area contributed by atoms with Crippen molar-refractivity contribution in [2.45, 2.75) is 6.17 Å². The van der Waals surface area contributed by atoms with Gasteiger partial charge in [0, 0.05) is 23.0 Å². The van der Waals surface area contributed by atoms with Crippen LogP contribution >= 0.6 is 0 Å². The van der Waals surface area contributed by atoms with Crippen LogP contribution in [0.1, 0.15) is 17.3 Å². The molecule has 1 unspecified atom stereocenters. The van der Waals surface area contributed by atoms with Crippen molar-refractivity contribution in [3.8, 4) is 11.3 Å². The molecule has 2 aromatic heterocycles. The van der Waals surface area contributed by atoms with E-state index in [1.54, 1.807) is 17.2 Å². The quantitative estimate of drug-likeness (QED) is 0.440. The van der Waals surface area contributed by atoms with Gasteiger partial charge in [0.2, 0.25) is 15.9 Å². The molecule has 3 heterocycles. The molecule has 0 amide bonds. The number of aromatic nitrogens is 1. The number of sulfonamides is 1. The third-order valence-corrected chi connectivity index (χ3v) is 5.92. The SMILES string of the molecule is CS(=O)(=O)Nc1cc(C2=Nc3occc3C(N)N2c2ccc(-c3ccccn3)cc2)ccc1F. The number of furan rings is 1. The van der Waals surface area contributed by atoms with Crippen molar-refractivity contribution in [3.05, 3.63) is 96.1 Å². The lowest BCUT2D eigenvalue weighted by Crippen LogP contribution is -2.42. The number of nitrogens with two attached hydrogens (primary N) is 1. The highest BCUT2D eigenvalue weighted by molar-refractivity contribution is 7.92. The van der Waals surface area contributed by atoms with Crippen LogP contribution in [0.3, 0.4) is 0 Å². The van der Waals surface area contributed by atoms with Crippen molar-refractivity contribution < 1.29 is 17.2 Å². The molecule has 0 radical (unpaired) electrons. The molecule has 1 aliphatic rings. The predicted octanol–water partition coefficient (Wildman–Crippen LogP) is 4.41. The van der Waals surface area contributed by atoms with E-state index in [4.69, 9.17) is 10.2 Å². The van der Waals surface area contributed by atoms with E-state index in [0.717, 1.165) is 23.2 Å². The second-order valence-electron chi connectivity index (χ2n) is 7.76. The van der Waals surface area contributed by atoms with Crippen LogP contribution in [0.25, 0.3) is 11.3 Å². The number of pyridine rings is 1. The minimum Gasteiger partial charge on any atom is -0.446 e. The van der Waals surface area contributed by atoms with Crippen molar-refractivity contribution in [2.75, 3.05) is 15.9 Å². The number of rotatable bonds is 5. The average Bonchev–Trinajstić information content (AvgIpc) is 3.30. The van der Waals surface area contributed by atoms with Crippen LogP contribution in [0, 0.1) is 5.82 Å². The molecule has 172 valence electrons. The molecule has 10 heteroatoms.